The van der Waals surface area contributed by atoms with Gasteiger partial charge in [0.1, 0.15) is 5.75 Å². The molecule has 1 N–H and O–H groups in total. The van der Waals surface area contributed by atoms with Gasteiger partial charge in [0.25, 0.3) is 5.91 Å². The number of nitrogens with one attached hydrogen (secondary N) is 1. The molecule has 2 aromatic rings. The van der Waals surface area contributed by atoms with Crippen molar-refractivity contribution in [1.82, 2.24) is 5.48 Å². The van der Waals surface area contributed by atoms with Crippen LogP contribution in [-0.2, 0) is 11.4 Å². The molecule has 0 unspecified atom stereocenters. The second-order valence-corrected chi connectivity index (χ2v) is 4.82. The average Bonchev–Trinajstić information content (AvgIpc) is 2.50. The van der Waals surface area contributed by atoms with Gasteiger partial charge in [0.05, 0.1) is 13.7 Å². The van der Waals surface area contributed by atoms with Crippen molar-refractivity contribution in [1.29, 1.82) is 0 Å². The lowest BCUT2D eigenvalue weighted by molar-refractivity contribution is 0.0233. The van der Waals surface area contributed by atoms with E-state index in [0.29, 0.717) is 12.2 Å². The van der Waals surface area contributed by atoms with Gasteiger partial charge in [-0.25, -0.2) is 5.48 Å². The number of amides is 1. The molecule has 0 fully saturated rings. The number of aryl methyl sites for hydroxylation is 1. The molecule has 21 heavy (non-hydrogen) atoms. The lowest BCUT2D eigenvalue weighted by atomic mass is 10.0. The molecule has 0 aliphatic rings. The Morgan fingerprint density at radius 3 is 2.48 bits per heavy atom. The van der Waals surface area contributed by atoms with Crippen molar-refractivity contribution in [2.45, 2.75) is 20.5 Å². The minimum absolute atomic E-state index is 0.232. The molecule has 0 atom stereocenters. The van der Waals surface area contributed by atoms with Gasteiger partial charge in [0.15, 0.2) is 0 Å². The molecule has 0 bridgehead atoms. The van der Waals surface area contributed by atoms with Gasteiger partial charge in [0.2, 0.25) is 0 Å². The monoisotopic (exact) mass is 285 g/mol. The molecule has 110 valence electrons. The van der Waals surface area contributed by atoms with E-state index in [0.717, 1.165) is 22.4 Å². The largest absolute Gasteiger partial charge is 0.497 e. The highest BCUT2D eigenvalue weighted by molar-refractivity contribution is 5.95. The Balaban J connectivity index is 1.90. The number of hydroxylamine groups is 1. The van der Waals surface area contributed by atoms with E-state index in [1.165, 1.54) is 0 Å². The summed E-state index contributed by atoms with van der Waals surface area (Å²) in [4.78, 5) is 17.3. The molecule has 0 aromatic heterocycles. The highest BCUT2D eigenvalue weighted by Crippen LogP contribution is 2.13. The maximum atomic E-state index is 12.1. The van der Waals surface area contributed by atoms with E-state index in [1.54, 1.807) is 13.2 Å². The summed E-state index contributed by atoms with van der Waals surface area (Å²) in [6.07, 6.45) is 0. The zero-order valence-electron chi connectivity index (χ0n) is 12.5. The topological polar surface area (TPSA) is 47.6 Å². The van der Waals surface area contributed by atoms with Crippen LogP contribution in [0, 0.1) is 13.8 Å². The van der Waals surface area contributed by atoms with Gasteiger partial charge < -0.3 is 4.74 Å². The Labute approximate surface area is 124 Å². The summed E-state index contributed by atoms with van der Waals surface area (Å²) in [7, 11) is 1.62. The van der Waals surface area contributed by atoms with Crippen molar-refractivity contribution in [2.75, 3.05) is 7.11 Å². The third-order valence-electron chi connectivity index (χ3n) is 3.41. The predicted molar refractivity (Wildman–Crippen MR) is 81.2 cm³/mol. The van der Waals surface area contributed by atoms with Crippen LogP contribution < -0.4 is 10.2 Å². The summed E-state index contributed by atoms with van der Waals surface area (Å²) in [5.74, 6) is 0.558. The number of carbonyl (C=O) groups is 1. The number of hydrogen-bond acceptors (Lipinski definition) is 3. The van der Waals surface area contributed by atoms with Crippen LogP contribution in [0.5, 0.6) is 5.75 Å². The third-order valence-corrected chi connectivity index (χ3v) is 3.41. The number of methoxy groups -OCH3 is 1. The molecular formula is C17H19NO3. The summed E-state index contributed by atoms with van der Waals surface area (Å²) in [5, 5.41) is 0. The highest BCUT2D eigenvalue weighted by Gasteiger charge is 2.09. The maximum Gasteiger partial charge on any atom is 0.275 e. The van der Waals surface area contributed by atoms with E-state index in [2.05, 4.69) is 5.48 Å². The molecular weight excluding hydrogens is 266 g/mol. The SMILES string of the molecule is COc1ccc(CONC(=O)c2cccc(C)c2C)cc1. The van der Waals surface area contributed by atoms with Crippen molar-refractivity contribution in [2.24, 2.45) is 0 Å². The van der Waals surface area contributed by atoms with Gasteiger partial charge in [-0.05, 0) is 48.7 Å². The van der Waals surface area contributed by atoms with Crippen LogP contribution in [0.3, 0.4) is 0 Å². The van der Waals surface area contributed by atoms with E-state index in [9.17, 15) is 4.79 Å². The number of hydrogen-bond donors (Lipinski definition) is 1. The lowest BCUT2D eigenvalue weighted by Gasteiger charge is -2.10. The Morgan fingerprint density at radius 1 is 1.10 bits per heavy atom. The fourth-order valence-electron chi connectivity index (χ4n) is 1.96. The van der Waals surface area contributed by atoms with E-state index >= 15 is 0 Å². The summed E-state index contributed by atoms with van der Waals surface area (Å²) < 4.78 is 5.08. The van der Waals surface area contributed by atoms with Gasteiger partial charge in [-0.3, -0.25) is 9.63 Å². The van der Waals surface area contributed by atoms with E-state index in [1.807, 2.05) is 50.2 Å². The number of ether oxygens (including phenoxy) is 1. The number of carbonyl (C=O) groups excluding carboxylic acids is 1. The Kier molecular flexibility index (Phi) is 4.95. The second kappa shape index (κ2) is 6.90. The molecule has 2 rings (SSSR count). The molecule has 4 nitrogen and oxygen atoms in total. The zero-order chi connectivity index (χ0) is 15.2. The lowest BCUT2D eigenvalue weighted by Crippen LogP contribution is -2.24. The van der Waals surface area contributed by atoms with Gasteiger partial charge in [-0.2, -0.15) is 0 Å². The van der Waals surface area contributed by atoms with Crippen LogP contribution in [0.2, 0.25) is 0 Å². The average molecular weight is 285 g/mol. The van der Waals surface area contributed by atoms with Crippen LogP contribution in [0.25, 0.3) is 0 Å². The minimum atomic E-state index is -0.232. The Morgan fingerprint density at radius 2 is 1.81 bits per heavy atom. The predicted octanol–water partition coefficient (Wildman–Crippen LogP) is 3.17. The van der Waals surface area contributed by atoms with Crippen molar-refractivity contribution >= 4 is 5.91 Å². The van der Waals surface area contributed by atoms with Gasteiger partial charge in [-0.15, -0.1) is 0 Å². The van der Waals surface area contributed by atoms with E-state index < -0.39 is 0 Å². The van der Waals surface area contributed by atoms with Crippen LogP contribution >= 0.6 is 0 Å². The fraction of sp³-hybridized carbons (Fsp3) is 0.235. The van der Waals surface area contributed by atoms with Crippen molar-refractivity contribution < 1.29 is 14.4 Å². The Hall–Kier alpha value is -2.33. The fourth-order valence-corrected chi connectivity index (χ4v) is 1.96. The van der Waals surface area contributed by atoms with Crippen molar-refractivity contribution in [3.8, 4) is 5.75 Å². The standard InChI is InChI=1S/C17H19NO3/c1-12-5-4-6-16(13(12)2)17(19)18-21-11-14-7-9-15(20-3)10-8-14/h4-10H,11H2,1-3H3,(H,18,19). The van der Waals surface area contributed by atoms with Crippen molar-refractivity contribution in [3.05, 3.63) is 64.7 Å². The second-order valence-electron chi connectivity index (χ2n) is 4.82. The molecule has 0 saturated heterocycles. The van der Waals surface area contributed by atoms with Gasteiger partial charge >= 0.3 is 0 Å². The molecule has 0 saturated carbocycles. The van der Waals surface area contributed by atoms with E-state index in [-0.39, 0.29) is 5.91 Å². The first-order valence-electron chi connectivity index (χ1n) is 6.73. The summed E-state index contributed by atoms with van der Waals surface area (Å²) >= 11 is 0. The summed E-state index contributed by atoms with van der Waals surface area (Å²) in [6.45, 7) is 4.21. The molecule has 0 spiro atoms. The van der Waals surface area contributed by atoms with Crippen LogP contribution in [-0.4, -0.2) is 13.0 Å². The van der Waals surface area contributed by atoms with Crippen LogP contribution in [0.1, 0.15) is 27.0 Å². The maximum absolute atomic E-state index is 12.1. The first-order chi connectivity index (χ1) is 10.1. The first-order valence-corrected chi connectivity index (χ1v) is 6.73. The van der Waals surface area contributed by atoms with Gasteiger partial charge in [-0.1, -0.05) is 24.3 Å². The third kappa shape index (κ3) is 3.83. The first kappa shape index (κ1) is 15.1. The quantitative estimate of drug-likeness (QED) is 0.858. The summed E-state index contributed by atoms with van der Waals surface area (Å²) in [6, 6.07) is 13.1. The van der Waals surface area contributed by atoms with Crippen LogP contribution in [0.15, 0.2) is 42.5 Å². The molecule has 4 heteroatoms. The molecule has 1 amide bonds. The van der Waals surface area contributed by atoms with E-state index in [4.69, 9.17) is 9.57 Å². The normalized spacial score (nSPS) is 10.2. The number of benzene rings is 2. The molecule has 2 aromatic carbocycles. The molecule has 0 radical (unpaired) electrons. The Bertz CT molecular complexity index is 620. The van der Waals surface area contributed by atoms with Gasteiger partial charge in [0, 0.05) is 5.56 Å². The van der Waals surface area contributed by atoms with Crippen LogP contribution in [0.4, 0.5) is 0 Å². The highest BCUT2D eigenvalue weighted by atomic mass is 16.6. The molecule has 0 heterocycles. The number of rotatable bonds is 5. The van der Waals surface area contributed by atoms with Crippen molar-refractivity contribution in [3.63, 3.8) is 0 Å². The molecule has 0 aliphatic heterocycles. The minimum Gasteiger partial charge on any atom is -0.497 e. The smallest absolute Gasteiger partial charge is 0.275 e. The zero-order valence-corrected chi connectivity index (χ0v) is 12.5. The summed E-state index contributed by atoms with van der Waals surface area (Å²) in [5.41, 5.74) is 6.10. The molecule has 0 aliphatic carbocycles.